The second-order valence-electron chi connectivity index (χ2n) is 6.90. The molecule has 0 aliphatic heterocycles. The van der Waals surface area contributed by atoms with Gasteiger partial charge in [-0.15, -0.1) is 12.4 Å². The van der Waals surface area contributed by atoms with Crippen molar-refractivity contribution >= 4 is 12.4 Å². The number of unbranched alkanes of at least 4 members (excludes halogenated alkanes) is 11. The Labute approximate surface area is 129 Å². The Morgan fingerprint density at radius 3 is 1.16 bits per heavy atom. The van der Waals surface area contributed by atoms with E-state index in [0.717, 1.165) is 4.48 Å². The maximum atomic E-state index is 2.29. The number of hydrogen-bond acceptors (Lipinski definition) is 0. The molecule has 0 bridgehead atoms. The topological polar surface area (TPSA) is 0 Å². The van der Waals surface area contributed by atoms with Crippen LogP contribution >= 0.6 is 12.4 Å². The highest BCUT2D eigenvalue weighted by Crippen LogP contribution is 2.12. The SMILES string of the molecule is CCCCCCCCCCCCCC[N+](C)(C)C.Cl. The van der Waals surface area contributed by atoms with E-state index < -0.39 is 0 Å². The molecule has 0 aliphatic rings. The molecule has 1 nitrogen and oxygen atoms in total. The molecule has 0 spiro atoms. The maximum absolute atomic E-state index is 2.29. The van der Waals surface area contributed by atoms with Crippen LogP contribution in [0.15, 0.2) is 0 Å². The Bertz CT molecular complexity index is 163. The number of nitrogens with zero attached hydrogens (tertiary/aromatic N) is 1. The molecule has 2 heteroatoms. The molecular formula is C17H39ClN+. The van der Waals surface area contributed by atoms with Crippen LogP contribution in [0, 0.1) is 0 Å². The summed E-state index contributed by atoms with van der Waals surface area (Å²) in [5.74, 6) is 0. The lowest BCUT2D eigenvalue weighted by Gasteiger charge is -2.23. The standard InChI is InChI=1S/C17H38N.ClH/c1-5-6-7-8-9-10-11-12-13-14-15-16-17-18(2,3)4;/h5-17H2,1-4H3;1H/q+1;. The molecule has 0 aliphatic carbocycles. The van der Waals surface area contributed by atoms with Crippen LogP contribution in [0.2, 0.25) is 0 Å². The van der Waals surface area contributed by atoms with Gasteiger partial charge in [-0.25, -0.2) is 0 Å². The van der Waals surface area contributed by atoms with Crippen LogP contribution in [0.1, 0.15) is 84.0 Å². The van der Waals surface area contributed by atoms with Gasteiger partial charge in [0, 0.05) is 0 Å². The molecule has 0 saturated heterocycles. The van der Waals surface area contributed by atoms with E-state index in [0.29, 0.717) is 0 Å². The summed E-state index contributed by atoms with van der Waals surface area (Å²) in [5.41, 5.74) is 0. The van der Waals surface area contributed by atoms with E-state index in [2.05, 4.69) is 28.1 Å². The van der Waals surface area contributed by atoms with Crippen molar-refractivity contribution in [3.8, 4) is 0 Å². The molecular weight excluding hydrogens is 254 g/mol. The Morgan fingerprint density at radius 2 is 0.842 bits per heavy atom. The summed E-state index contributed by atoms with van der Waals surface area (Å²) >= 11 is 0. The zero-order valence-electron chi connectivity index (χ0n) is 14.0. The van der Waals surface area contributed by atoms with Crippen LogP contribution < -0.4 is 0 Å². The average molecular weight is 293 g/mol. The van der Waals surface area contributed by atoms with Crippen molar-refractivity contribution in [1.29, 1.82) is 0 Å². The fourth-order valence-corrected chi connectivity index (χ4v) is 2.43. The first-order valence-corrected chi connectivity index (χ1v) is 8.36. The van der Waals surface area contributed by atoms with Crippen LogP contribution in [-0.2, 0) is 0 Å². The van der Waals surface area contributed by atoms with E-state index in [1.165, 1.54) is 83.6 Å². The quantitative estimate of drug-likeness (QED) is 0.296. The molecule has 0 aromatic heterocycles. The van der Waals surface area contributed by atoms with Gasteiger partial charge in [-0.2, -0.15) is 0 Å². The summed E-state index contributed by atoms with van der Waals surface area (Å²) in [6, 6.07) is 0. The fourth-order valence-electron chi connectivity index (χ4n) is 2.43. The van der Waals surface area contributed by atoms with Crippen molar-refractivity contribution < 1.29 is 4.48 Å². The van der Waals surface area contributed by atoms with Gasteiger partial charge >= 0.3 is 0 Å². The summed E-state index contributed by atoms with van der Waals surface area (Å²) < 4.78 is 1.12. The van der Waals surface area contributed by atoms with E-state index in [4.69, 9.17) is 0 Å². The van der Waals surface area contributed by atoms with Gasteiger partial charge in [-0.1, -0.05) is 71.1 Å². The van der Waals surface area contributed by atoms with Crippen molar-refractivity contribution in [2.75, 3.05) is 27.7 Å². The molecule has 0 radical (unpaired) electrons. The Balaban J connectivity index is 0. The third kappa shape index (κ3) is 20.7. The highest BCUT2D eigenvalue weighted by atomic mass is 35.5. The molecule has 0 N–H and O–H groups in total. The van der Waals surface area contributed by atoms with Crippen molar-refractivity contribution in [2.45, 2.75) is 84.0 Å². The summed E-state index contributed by atoms with van der Waals surface area (Å²) in [7, 11) is 6.87. The highest BCUT2D eigenvalue weighted by Gasteiger charge is 2.04. The van der Waals surface area contributed by atoms with Gasteiger partial charge in [0.1, 0.15) is 0 Å². The van der Waals surface area contributed by atoms with E-state index in [-0.39, 0.29) is 12.4 Å². The molecule has 118 valence electrons. The zero-order valence-corrected chi connectivity index (χ0v) is 14.9. The lowest BCUT2D eigenvalue weighted by molar-refractivity contribution is -0.870. The summed E-state index contributed by atoms with van der Waals surface area (Å²) in [6.07, 6.45) is 17.4. The average Bonchev–Trinajstić information content (AvgIpc) is 2.29. The highest BCUT2D eigenvalue weighted by molar-refractivity contribution is 5.85. The third-order valence-electron chi connectivity index (χ3n) is 3.68. The predicted molar refractivity (Wildman–Crippen MR) is 91.2 cm³/mol. The zero-order chi connectivity index (χ0) is 13.7. The van der Waals surface area contributed by atoms with Crippen molar-refractivity contribution in [1.82, 2.24) is 0 Å². The molecule has 0 rings (SSSR count). The minimum atomic E-state index is 0. The normalized spacial score (nSPS) is 11.4. The maximum Gasteiger partial charge on any atom is 0.0780 e. The summed E-state index contributed by atoms with van der Waals surface area (Å²) in [6.45, 7) is 3.62. The molecule has 0 saturated carbocycles. The van der Waals surface area contributed by atoms with Crippen molar-refractivity contribution in [2.24, 2.45) is 0 Å². The lowest BCUT2D eigenvalue weighted by atomic mass is 10.1. The Morgan fingerprint density at radius 1 is 0.526 bits per heavy atom. The minimum Gasteiger partial charge on any atom is -0.331 e. The second kappa shape index (κ2) is 14.7. The Hall–Kier alpha value is 0.250. The van der Waals surface area contributed by atoms with Crippen LogP contribution in [0.4, 0.5) is 0 Å². The summed E-state index contributed by atoms with van der Waals surface area (Å²) in [5, 5.41) is 0. The first-order chi connectivity index (χ1) is 8.56. The van der Waals surface area contributed by atoms with E-state index >= 15 is 0 Å². The molecule has 0 fully saturated rings. The number of hydrogen-bond donors (Lipinski definition) is 0. The van der Waals surface area contributed by atoms with Crippen LogP contribution in [0.25, 0.3) is 0 Å². The molecule has 0 heterocycles. The summed E-state index contributed by atoms with van der Waals surface area (Å²) in [4.78, 5) is 0. The van der Waals surface area contributed by atoms with Gasteiger partial charge in [0.05, 0.1) is 27.7 Å². The smallest absolute Gasteiger partial charge is 0.0780 e. The first-order valence-electron chi connectivity index (χ1n) is 8.36. The van der Waals surface area contributed by atoms with E-state index in [1.807, 2.05) is 0 Å². The molecule has 0 atom stereocenters. The number of quaternary nitrogens is 1. The van der Waals surface area contributed by atoms with Gasteiger partial charge in [-0.3, -0.25) is 0 Å². The Kier molecular flexibility index (Phi) is 16.6. The fraction of sp³-hybridized carbons (Fsp3) is 1.00. The van der Waals surface area contributed by atoms with Gasteiger partial charge in [0.15, 0.2) is 0 Å². The van der Waals surface area contributed by atoms with E-state index in [1.54, 1.807) is 0 Å². The largest absolute Gasteiger partial charge is 0.331 e. The molecule has 0 amide bonds. The number of halogens is 1. The van der Waals surface area contributed by atoms with Crippen molar-refractivity contribution in [3.05, 3.63) is 0 Å². The molecule has 19 heavy (non-hydrogen) atoms. The minimum absolute atomic E-state index is 0. The second-order valence-corrected chi connectivity index (χ2v) is 6.90. The monoisotopic (exact) mass is 292 g/mol. The van der Waals surface area contributed by atoms with Crippen LogP contribution in [0.3, 0.4) is 0 Å². The number of rotatable bonds is 13. The van der Waals surface area contributed by atoms with Crippen molar-refractivity contribution in [3.63, 3.8) is 0 Å². The molecule has 0 aromatic carbocycles. The van der Waals surface area contributed by atoms with Gasteiger partial charge in [0.2, 0.25) is 0 Å². The van der Waals surface area contributed by atoms with Gasteiger partial charge in [0.25, 0.3) is 0 Å². The van der Waals surface area contributed by atoms with Crippen LogP contribution in [-0.4, -0.2) is 32.2 Å². The predicted octanol–water partition coefficient (Wildman–Crippen LogP) is 5.82. The third-order valence-corrected chi connectivity index (χ3v) is 3.68. The lowest BCUT2D eigenvalue weighted by Crippen LogP contribution is -2.35. The van der Waals surface area contributed by atoms with Crippen LogP contribution in [0.5, 0.6) is 0 Å². The molecule has 0 aromatic rings. The van der Waals surface area contributed by atoms with Gasteiger partial charge < -0.3 is 4.48 Å². The molecule has 0 unspecified atom stereocenters. The van der Waals surface area contributed by atoms with Gasteiger partial charge in [-0.05, 0) is 12.8 Å². The first kappa shape index (κ1) is 21.5. The van der Waals surface area contributed by atoms with E-state index in [9.17, 15) is 0 Å².